The van der Waals surface area contributed by atoms with Crippen molar-refractivity contribution in [3.05, 3.63) is 59.7 Å². The molecule has 0 amide bonds. The van der Waals surface area contributed by atoms with Crippen LogP contribution in [-0.4, -0.2) is 49.6 Å². The Morgan fingerprint density at radius 2 is 1.64 bits per heavy atom. The second kappa shape index (κ2) is 8.41. The first-order valence-electron chi connectivity index (χ1n) is 8.73. The molecule has 0 aromatic heterocycles. The van der Waals surface area contributed by atoms with Gasteiger partial charge in [-0.15, -0.1) is 0 Å². The minimum Gasteiger partial charge on any atom is -0.457 e. The fraction of sp³-hybridized carbons (Fsp3) is 0.400. The number of likely N-dealkylation sites (N-methyl/N-ethyl adjacent to an activating group) is 1. The number of hydrogen-bond acceptors (Lipinski definition) is 3. The number of aryl methyl sites for hydroxylation is 1. The van der Waals surface area contributed by atoms with Gasteiger partial charge in [-0.25, -0.2) is 8.78 Å². The molecule has 1 heterocycles. The van der Waals surface area contributed by atoms with Crippen LogP contribution < -0.4 is 4.74 Å². The second-order valence-corrected chi connectivity index (χ2v) is 6.56. The number of ether oxygens (including phenoxy) is 1. The molecule has 3 nitrogen and oxygen atoms in total. The molecule has 1 aliphatic rings. The fourth-order valence-electron chi connectivity index (χ4n) is 3.09. The SMILES string of the molecule is CN1CCN(CCCc2ccccc2Oc2cc(F)cc(F)c2)CC1. The van der Waals surface area contributed by atoms with Gasteiger partial charge in [0.25, 0.3) is 0 Å². The first kappa shape index (κ1) is 17.8. The number of halogens is 2. The third-order valence-electron chi connectivity index (χ3n) is 4.55. The van der Waals surface area contributed by atoms with Crippen molar-refractivity contribution in [2.75, 3.05) is 39.8 Å². The summed E-state index contributed by atoms with van der Waals surface area (Å²) in [6.07, 6.45) is 1.90. The largest absolute Gasteiger partial charge is 0.457 e. The number of nitrogens with zero attached hydrogens (tertiary/aromatic N) is 2. The van der Waals surface area contributed by atoms with Gasteiger partial charge in [-0.3, -0.25) is 0 Å². The van der Waals surface area contributed by atoms with E-state index in [-0.39, 0.29) is 5.75 Å². The number of para-hydroxylation sites is 1. The fourth-order valence-corrected chi connectivity index (χ4v) is 3.09. The number of hydrogen-bond donors (Lipinski definition) is 0. The maximum atomic E-state index is 13.3. The Balaban J connectivity index is 1.59. The van der Waals surface area contributed by atoms with E-state index in [0.717, 1.165) is 57.2 Å². The van der Waals surface area contributed by atoms with Crippen LogP contribution in [0, 0.1) is 11.6 Å². The van der Waals surface area contributed by atoms with Gasteiger partial charge in [-0.1, -0.05) is 18.2 Å². The van der Waals surface area contributed by atoms with E-state index in [9.17, 15) is 8.78 Å². The summed E-state index contributed by atoms with van der Waals surface area (Å²) < 4.78 is 32.4. The van der Waals surface area contributed by atoms with Crippen LogP contribution in [0.5, 0.6) is 11.5 Å². The summed E-state index contributed by atoms with van der Waals surface area (Å²) in [6, 6.07) is 10.9. The van der Waals surface area contributed by atoms with Crippen molar-refractivity contribution >= 4 is 0 Å². The van der Waals surface area contributed by atoms with E-state index in [1.54, 1.807) is 0 Å². The van der Waals surface area contributed by atoms with Gasteiger partial charge in [0.05, 0.1) is 0 Å². The van der Waals surface area contributed by atoms with Crippen molar-refractivity contribution in [2.45, 2.75) is 12.8 Å². The molecule has 0 N–H and O–H groups in total. The van der Waals surface area contributed by atoms with Crippen LogP contribution in [0.1, 0.15) is 12.0 Å². The number of rotatable bonds is 6. The van der Waals surface area contributed by atoms with Crippen molar-refractivity contribution in [1.29, 1.82) is 0 Å². The third-order valence-corrected chi connectivity index (χ3v) is 4.55. The Bertz CT molecular complexity index is 680. The van der Waals surface area contributed by atoms with E-state index in [1.165, 1.54) is 12.1 Å². The van der Waals surface area contributed by atoms with Gasteiger partial charge in [-0.05, 0) is 38.1 Å². The lowest BCUT2D eigenvalue weighted by Crippen LogP contribution is -2.44. The summed E-state index contributed by atoms with van der Waals surface area (Å²) >= 11 is 0. The van der Waals surface area contributed by atoms with Crippen molar-refractivity contribution in [2.24, 2.45) is 0 Å². The highest BCUT2D eigenvalue weighted by Crippen LogP contribution is 2.27. The van der Waals surface area contributed by atoms with E-state index in [0.29, 0.717) is 5.75 Å². The van der Waals surface area contributed by atoms with Gasteiger partial charge in [-0.2, -0.15) is 0 Å². The molecule has 134 valence electrons. The third kappa shape index (κ3) is 5.25. The van der Waals surface area contributed by atoms with Gasteiger partial charge in [0, 0.05) is 44.4 Å². The molecule has 0 unspecified atom stereocenters. The lowest BCUT2D eigenvalue weighted by molar-refractivity contribution is 0.153. The van der Waals surface area contributed by atoms with E-state index >= 15 is 0 Å². The van der Waals surface area contributed by atoms with Crippen LogP contribution in [0.3, 0.4) is 0 Å². The van der Waals surface area contributed by atoms with Crippen molar-refractivity contribution in [1.82, 2.24) is 9.80 Å². The average Bonchev–Trinajstić information content (AvgIpc) is 2.57. The second-order valence-electron chi connectivity index (χ2n) is 6.56. The van der Waals surface area contributed by atoms with Gasteiger partial charge in [0.2, 0.25) is 0 Å². The Kier molecular flexibility index (Phi) is 6.00. The zero-order valence-electron chi connectivity index (χ0n) is 14.5. The molecule has 0 radical (unpaired) electrons. The molecule has 5 heteroatoms. The average molecular weight is 346 g/mol. The van der Waals surface area contributed by atoms with E-state index in [1.807, 2.05) is 24.3 Å². The lowest BCUT2D eigenvalue weighted by atomic mass is 10.1. The Hall–Kier alpha value is -1.98. The molecule has 1 saturated heterocycles. The predicted molar refractivity (Wildman–Crippen MR) is 95.1 cm³/mol. The molecule has 2 aromatic carbocycles. The van der Waals surface area contributed by atoms with Crippen LogP contribution in [-0.2, 0) is 6.42 Å². The van der Waals surface area contributed by atoms with Crippen LogP contribution in [0.2, 0.25) is 0 Å². The maximum absolute atomic E-state index is 13.3. The summed E-state index contributed by atoms with van der Waals surface area (Å²) in [5, 5.41) is 0. The highest BCUT2D eigenvalue weighted by atomic mass is 19.1. The van der Waals surface area contributed by atoms with E-state index in [2.05, 4.69) is 16.8 Å². The predicted octanol–water partition coefficient (Wildman–Crippen LogP) is 3.94. The molecule has 2 aromatic rings. The normalized spacial score (nSPS) is 16.1. The molecule has 25 heavy (non-hydrogen) atoms. The molecular weight excluding hydrogens is 322 g/mol. The zero-order valence-corrected chi connectivity index (χ0v) is 14.5. The van der Waals surface area contributed by atoms with Crippen LogP contribution in [0.25, 0.3) is 0 Å². The summed E-state index contributed by atoms with van der Waals surface area (Å²) in [5.41, 5.74) is 1.06. The Morgan fingerprint density at radius 1 is 0.960 bits per heavy atom. The summed E-state index contributed by atoms with van der Waals surface area (Å²) in [6.45, 7) is 5.50. The molecule has 0 aliphatic carbocycles. The van der Waals surface area contributed by atoms with Gasteiger partial charge in [0.1, 0.15) is 23.1 Å². The van der Waals surface area contributed by atoms with Crippen LogP contribution in [0.15, 0.2) is 42.5 Å². The molecular formula is C20H24F2N2O. The van der Waals surface area contributed by atoms with Crippen molar-refractivity contribution < 1.29 is 13.5 Å². The highest BCUT2D eigenvalue weighted by molar-refractivity contribution is 5.38. The molecule has 0 bridgehead atoms. The van der Waals surface area contributed by atoms with E-state index < -0.39 is 11.6 Å². The first-order chi connectivity index (χ1) is 12.1. The standard InChI is InChI=1S/C20H24F2N2O/c1-23-9-11-24(12-10-23)8-4-6-16-5-2-3-7-20(16)25-19-14-17(21)13-18(22)15-19/h2-3,5,7,13-15H,4,6,8-12H2,1H3. The molecule has 0 spiro atoms. The van der Waals surface area contributed by atoms with Crippen molar-refractivity contribution in [3.63, 3.8) is 0 Å². The van der Waals surface area contributed by atoms with E-state index in [4.69, 9.17) is 4.74 Å². The smallest absolute Gasteiger partial charge is 0.133 e. The molecule has 1 aliphatic heterocycles. The van der Waals surface area contributed by atoms with Gasteiger partial charge >= 0.3 is 0 Å². The topological polar surface area (TPSA) is 15.7 Å². The maximum Gasteiger partial charge on any atom is 0.133 e. The van der Waals surface area contributed by atoms with Crippen LogP contribution >= 0.6 is 0 Å². The Labute approximate surface area is 147 Å². The minimum atomic E-state index is -0.637. The number of benzene rings is 2. The zero-order chi connectivity index (χ0) is 17.6. The Morgan fingerprint density at radius 3 is 2.36 bits per heavy atom. The monoisotopic (exact) mass is 346 g/mol. The highest BCUT2D eigenvalue weighted by Gasteiger charge is 2.13. The number of piperazine rings is 1. The molecule has 1 fully saturated rings. The quantitative estimate of drug-likeness (QED) is 0.788. The summed E-state index contributed by atoms with van der Waals surface area (Å²) in [7, 11) is 2.15. The van der Waals surface area contributed by atoms with Crippen molar-refractivity contribution in [3.8, 4) is 11.5 Å². The first-order valence-corrected chi connectivity index (χ1v) is 8.73. The molecule has 3 rings (SSSR count). The molecule has 0 atom stereocenters. The minimum absolute atomic E-state index is 0.184. The van der Waals surface area contributed by atoms with Gasteiger partial charge < -0.3 is 14.5 Å². The lowest BCUT2D eigenvalue weighted by Gasteiger charge is -2.32. The summed E-state index contributed by atoms with van der Waals surface area (Å²) in [5.74, 6) is -0.431. The summed E-state index contributed by atoms with van der Waals surface area (Å²) in [4.78, 5) is 4.82. The van der Waals surface area contributed by atoms with Crippen LogP contribution in [0.4, 0.5) is 8.78 Å². The van der Waals surface area contributed by atoms with Gasteiger partial charge in [0.15, 0.2) is 0 Å². The molecule has 0 saturated carbocycles.